The number of hydrogen-bond acceptors (Lipinski definition) is 4. The minimum absolute atomic E-state index is 0.709. The van der Waals surface area contributed by atoms with Gasteiger partial charge in [-0.25, -0.2) is 0 Å². The molecule has 2 rings (SSSR count). The van der Waals surface area contributed by atoms with Crippen LogP contribution in [0.3, 0.4) is 0 Å². The molecule has 1 aromatic carbocycles. The summed E-state index contributed by atoms with van der Waals surface area (Å²) in [5, 5.41) is 3.43. The molecule has 0 aliphatic carbocycles. The lowest BCUT2D eigenvalue weighted by atomic mass is 10.2. The van der Waals surface area contributed by atoms with E-state index in [1.54, 1.807) is 0 Å². The van der Waals surface area contributed by atoms with E-state index in [1.165, 1.54) is 5.56 Å². The monoisotopic (exact) mass is 357 g/mol. The van der Waals surface area contributed by atoms with Crippen molar-refractivity contribution in [1.82, 2.24) is 5.32 Å². The Hall–Kier alpha value is -0.780. The van der Waals surface area contributed by atoms with Crippen molar-refractivity contribution in [2.45, 2.75) is 32.7 Å². The van der Waals surface area contributed by atoms with Gasteiger partial charge in [0.1, 0.15) is 0 Å². The SMILES string of the molecule is CCCOCCCNCc1cc(Br)c2c(c1)OCCCO2. The van der Waals surface area contributed by atoms with Crippen LogP contribution in [0.15, 0.2) is 16.6 Å². The molecule has 0 bridgehead atoms. The minimum Gasteiger partial charge on any atom is -0.490 e. The summed E-state index contributed by atoms with van der Waals surface area (Å²) in [5.74, 6) is 1.66. The summed E-state index contributed by atoms with van der Waals surface area (Å²) in [7, 11) is 0. The second-order valence-electron chi connectivity index (χ2n) is 5.10. The third-order valence-corrected chi connectivity index (χ3v) is 3.77. The van der Waals surface area contributed by atoms with E-state index in [2.05, 4.69) is 40.3 Å². The number of fused-ring (bicyclic) bond motifs is 1. The van der Waals surface area contributed by atoms with E-state index in [-0.39, 0.29) is 0 Å². The van der Waals surface area contributed by atoms with E-state index >= 15 is 0 Å². The Kier molecular flexibility index (Phi) is 7.33. The zero-order chi connectivity index (χ0) is 14.9. The van der Waals surface area contributed by atoms with Gasteiger partial charge in [-0.15, -0.1) is 0 Å². The Bertz CT molecular complexity index is 440. The van der Waals surface area contributed by atoms with Gasteiger partial charge in [0.25, 0.3) is 0 Å². The molecule has 1 heterocycles. The van der Waals surface area contributed by atoms with E-state index in [4.69, 9.17) is 14.2 Å². The summed E-state index contributed by atoms with van der Waals surface area (Å²) < 4.78 is 17.9. The molecule has 118 valence electrons. The van der Waals surface area contributed by atoms with Crippen LogP contribution in [0.4, 0.5) is 0 Å². The predicted octanol–water partition coefficient (Wildman–Crippen LogP) is 3.52. The second kappa shape index (κ2) is 9.28. The molecule has 1 aliphatic rings. The molecule has 0 aromatic heterocycles. The normalized spacial score (nSPS) is 14.0. The van der Waals surface area contributed by atoms with Crippen LogP contribution in [0.5, 0.6) is 11.5 Å². The highest BCUT2D eigenvalue weighted by Crippen LogP contribution is 2.38. The molecule has 0 radical (unpaired) electrons. The second-order valence-corrected chi connectivity index (χ2v) is 5.95. The lowest BCUT2D eigenvalue weighted by Crippen LogP contribution is -2.16. The van der Waals surface area contributed by atoms with Crippen LogP contribution in [0.25, 0.3) is 0 Å². The molecular weight excluding hydrogens is 334 g/mol. The molecule has 0 unspecified atom stereocenters. The Morgan fingerprint density at radius 2 is 2.10 bits per heavy atom. The van der Waals surface area contributed by atoms with Gasteiger partial charge in [-0.2, -0.15) is 0 Å². The first-order chi connectivity index (χ1) is 10.3. The smallest absolute Gasteiger partial charge is 0.175 e. The average molecular weight is 358 g/mol. The largest absolute Gasteiger partial charge is 0.490 e. The van der Waals surface area contributed by atoms with Gasteiger partial charge in [0.2, 0.25) is 0 Å². The Morgan fingerprint density at radius 1 is 1.24 bits per heavy atom. The highest BCUT2D eigenvalue weighted by molar-refractivity contribution is 9.10. The average Bonchev–Trinajstić information content (AvgIpc) is 2.72. The zero-order valence-electron chi connectivity index (χ0n) is 12.6. The van der Waals surface area contributed by atoms with Crippen LogP contribution in [0, 0.1) is 0 Å². The van der Waals surface area contributed by atoms with Gasteiger partial charge < -0.3 is 19.5 Å². The quantitative estimate of drug-likeness (QED) is 0.722. The van der Waals surface area contributed by atoms with Gasteiger partial charge >= 0.3 is 0 Å². The van der Waals surface area contributed by atoms with E-state index in [0.29, 0.717) is 13.2 Å². The van der Waals surface area contributed by atoms with Crippen LogP contribution in [0.1, 0.15) is 31.7 Å². The molecular formula is C16H24BrNO3. The van der Waals surface area contributed by atoms with Crippen molar-refractivity contribution in [3.63, 3.8) is 0 Å². The lowest BCUT2D eigenvalue weighted by Gasteiger charge is -2.12. The summed E-state index contributed by atoms with van der Waals surface area (Å²) in [4.78, 5) is 0. The number of nitrogens with one attached hydrogen (secondary N) is 1. The number of halogens is 1. The van der Waals surface area contributed by atoms with Gasteiger partial charge in [-0.05, 0) is 53.0 Å². The number of benzene rings is 1. The van der Waals surface area contributed by atoms with Gasteiger partial charge in [-0.3, -0.25) is 0 Å². The number of rotatable bonds is 8. The molecule has 1 N–H and O–H groups in total. The van der Waals surface area contributed by atoms with E-state index in [9.17, 15) is 0 Å². The molecule has 4 nitrogen and oxygen atoms in total. The van der Waals surface area contributed by atoms with E-state index < -0.39 is 0 Å². The van der Waals surface area contributed by atoms with Crippen molar-refractivity contribution in [2.24, 2.45) is 0 Å². The van der Waals surface area contributed by atoms with Crippen molar-refractivity contribution in [3.8, 4) is 11.5 Å². The Balaban J connectivity index is 1.78. The zero-order valence-corrected chi connectivity index (χ0v) is 14.2. The van der Waals surface area contributed by atoms with Gasteiger partial charge in [0.15, 0.2) is 11.5 Å². The predicted molar refractivity (Wildman–Crippen MR) is 87.2 cm³/mol. The van der Waals surface area contributed by atoms with Crippen LogP contribution in [-0.4, -0.2) is 33.0 Å². The van der Waals surface area contributed by atoms with Crippen molar-refractivity contribution in [2.75, 3.05) is 33.0 Å². The molecule has 0 saturated heterocycles. The summed E-state index contributed by atoms with van der Waals surface area (Å²) in [6.07, 6.45) is 3.04. The minimum atomic E-state index is 0.709. The van der Waals surface area contributed by atoms with Crippen LogP contribution >= 0.6 is 15.9 Å². The van der Waals surface area contributed by atoms with Gasteiger partial charge in [0.05, 0.1) is 17.7 Å². The summed E-state index contributed by atoms with van der Waals surface area (Å²) in [5.41, 5.74) is 1.20. The van der Waals surface area contributed by atoms with Gasteiger partial charge in [0, 0.05) is 26.2 Å². The molecule has 1 aliphatic heterocycles. The number of ether oxygens (including phenoxy) is 3. The maximum Gasteiger partial charge on any atom is 0.175 e. The fraction of sp³-hybridized carbons (Fsp3) is 0.625. The van der Waals surface area contributed by atoms with Crippen molar-refractivity contribution in [3.05, 3.63) is 22.2 Å². The summed E-state index contributed by atoms with van der Waals surface area (Å²) >= 11 is 3.57. The molecule has 21 heavy (non-hydrogen) atoms. The maximum absolute atomic E-state index is 5.74. The molecule has 5 heteroatoms. The summed E-state index contributed by atoms with van der Waals surface area (Å²) in [6.45, 7) is 7.01. The first-order valence-corrected chi connectivity index (χ1v) is 8.47. The maximum atomic E-state index is 5.74. The third-order valence-electron chi connectivity index (χ3n) is 3.18. The highest BCUT2D eigenvalue weighted by Gasteiger charge is 2.14. The number of hydrogen-bond donors (Lipinski definition) is 1. The van der Waals surface area contributed by atoms with Crippen LogP contribution in [-0.2, 0) is 11.3 Å². The molecule has 1 aromatic rings. The Morgan fingerprint density at radius 3 is 2.95 bits per heavy atom. The molecule has 0 fully saturated rings. The first-order valence-electron chi connectivity index (χ1n) is 7.67. The van der Waals surface area contributed by atoms with Crippen molar-refractivity contribution >= 4 is 15.9 Å². The van der Waals surface area contributed by atoms with Crippen molar-refractivity contribution in [1.29, 1.82) is 0 Å². The van der Waals surface area contributed by atoms with E-state index in [0.717, 1.165) is 61.5 Å². The molecule has 0 spiro atoms. The molecule has 0 saturated carbocycles. The fourth-order valence-corrected chi connectivity index (χ4v) is 2.77. The molecule has 0 atom stereocenters. The van der Waals surface area contributed by atoms with Crippen LogP contribution in [0.2, 0.25) is 0 Å². The Labute approximate surface area is 135 Å². The third kappa shape index (κ3) is 5.49. The highest BCUT2D eigenvalue weighted by atomic mass is 79.9. The standard InChI is InChI=1S/C16H24BrNO3/c1-2-6-19-7-3-5-18-12-13-10-14(17)16-15(11-13)20-8-4-9-21-16/h10-11,18H,2-9,12H2,1H3. The molecule has 0 amide bonds. The van der Waals surface area contributed by atoms with Crippen LogP contribution < -0.4 is 14.8 Å². The topological polar surface area (TPSA) is 39.7 Å². The van der Waals surface area contributed by atoms with E-state index in [1.807, 2.05) is 0 Å². The summed E-state index contributed by atoms with van der Waals surface area (Å²) in [6, 6.07) is 4.15. The van der Waals surface area contributed by atoms with Gasteiger partial charge in [-0.1, -0.05) is 6.92 Å². The first kappa shape index (κ1) is 16.6. The lowest BCUT2D eigenvalue weighted by molar-refractivity contribution is 0.132. The van der Waals surface area contributed by atoms with Crippen molar-refractivity contribution < 1.29 is 14.2 Å². The fourth-order valence-electron chi connectivity index (χ4n) is 2.16.